The number of ether oxygens (including phenoxy) is 2. The van der Waals surface area contributed by atoms with E-state index in [2.05, 4.69) is 144 Å². The van der Waals surface area contributed by atoms with Gasteiger partial charge in [-0.2, -0.15) is 0 Å². The lowest BCUT2D eigenvalue weighted by atomic mass is 9.88. The molecule has 8 nitrogen and oxygen atoms in total. The lowest BCUT2D eigenvalue weighted by molar-refractivity contribution is 0.471. The molecule has 0 radical (unpaired) electrons. The van der Waals surface area contributed by atoms with Crippen LogP contribution in [-0.4, -0.2) is 29.1 Å². The van der Waals surface area contributed by atoms with Gasteiger partial charge in [0.2, 0.25) is 0 Å². The van der Waals surface area contributed by atoms with Gasteiger partial charge < -0.3 is 9.47 Å². The van der Waals surface area contributed by atoms with Crippen molar-refractivity contribution in [1.29, 1.82) is 0 Å². The number of benzene rings is 6. The van der Waals surface area contributed by atoms with Crippen LogP contribution in [0.2, 0.25) is 0 Å². The number of nitrogens with zero attached hydrogens (tertiary/aromatic N) is 6. The van der Waals surface area contributed by atoms with Crippen LogP contribution in [0.5, 0.6) is 23.0 Å². The van der Waals surface area contributed by atoms with E-state index in [9.17, 15) is 0 Å². The molecule has 330 valence electrons. The van der Waals surface area contributed by atoms with Gasteiger partial charge in [0.05, 0.1) is 45.8 Å². The molecule has 8 heteroatoms. The van der Waals surface area contributed by atoms with E-state index in [1.165, 1.54) is 33.0 Å². The first-order chi connectivity index (χ1) is 33.5. The molecular formula is C60H48N6O2. The van der Waals surface area contributed by atoms with Gasteiger partial charge in [0.15, 0.2) is 0 Å². The fourth-order valence-electron chi connectivity index (χ4n) is 10.8. The highest BCUT2D eigenvalue weighted by Crippen LogP contribution is 2.42. The molecule has 11 aromatic rings. The van der Waals surface area contributed by atoms with Gasteiger partial charge in [-0.05, 0) is 184 Å². The molecule has 0 amide bonds. The SMILES string of the molecule is Cc1ccnc(-n2c3ccccc3c3ccc(Oc4cc(-c5cnc(-c6cc7c(c(Oc8ccc9c%10ccccc%10n(-c%10cc(C)ccn%10)c9c8)c6)CCCC7)cn5)cc5c4CCCC5)cc32)c1. The molecule has 5 heterocycles. The molecule has 0 fully saturated rings. The van der Waals surface area contributed by atoms with Crippen molar-refractivity contribution in [2.75, 3.05) is 0 Å². The second kappa shape index (κ2) is 16.3. The minimum Gasteiger partial charge on any atom is -0.457 e. The minimum atomic E-state index is 0.789. The van der Waals surface area contributed by atoms with Crippen LogP contribution >= 0.6 is 0 Å². The van der Waals surface area contributed by atoms with E-state index in [0.29, 0.717) is 0 Å². The second-order valence-corrected chi connectivity index (χ2v) is 18.6. The standard InChI is InChI=1S/C60H48N6O2/c1-37-23-25-61-59(27-37)65-53-17-9-7-15-47(53)49-21-19-43(33-55(49)65)67-57-31-41(29-39-11-3-5-13-45(39)57)51-35-64-52(36-63-51)42-30-40-12-4-6-14-46(40)58(32-42)68-44-20-22-50-48-16-8-10-18-54(48)66(56(50)34-44)60-28-38(2)24-26-62-60/h7-10,15-36H,3-6,11-14H2,1-2H3. The van der Waals surface area contributed by atoms with Crippen molar-refractivity contribution in [3.8, 4) is 57.1 Å². The number of rotatable bonds is 8. The Kier molecular flexibility index (Phi) is 9.66. The Hall–Kier alpha value is -8.10. The molecule has 6 aromatic carbocycles. The summed E-state index contributed by atoms with van der Waals surface area (Å²) in [5, 5.41) is 4.70. The summed E-state index contributed by atoms with van der Waals surface area (Å²) in [5.74, 6) is 5.12. The smallest absolute Gasteiger partial charge is 0.137 e. The first-order valence-corrected chi connectivity index (χ1v) is 23.9. The van der Waals surface area contributed by atoms with Crippen LogP contribution in [0.3, 0.4) is 0 Å². The fourth-order valence-corrected chi connectivity index (χ4v) is 10.8. The van der Waals surface area contributed by atoms with Crippen LogP contribution in [0.15, 0.2) is 158 Å². The van der Waals surface area contributed by atoms with Gasteiger partial charge >= 0.3 is 0 Å². The highest BCUT2D eigenvalue weighted by Gasteiger charge is 2.22. The largest absolute Gasteiger partial charge is 0.457 e. The number of para-hydroxylation sites is 2. The van der Waals surface area contributed by atoms with Gasteiger partial charge in [-0.1, -0.05) is 36.4 Å². The van der Waals surface area contributed by atoms with Crippen LogP contribution < -0.4 is 9.47 Å². The molecule has 13 rings (SSSR count). The van der Waals surface area contributed by atoms with Crippen LogP contribution in [0.1, 0.15) is 59.1 Å². The maximum atomic E-state index is 6.94. The molecule has 0 atom stereocenters. The van der Waals surface area contributed by atoms with E-state index in [0.717, 1.165) is 152 Å². The minimum absolute atomic E-state index is 0.789. The maximum Gasteiger partial charge on any atom is 0.137 e. The van der Waals surface area contributed by atoms with Crippen molar-refractivity contribution in [2.24, 2.45) is 0 Å². The Labute approximate surface area is 394 Å². The molecule has 2 aliphatic rings. The van der Waals surface area contributed by atoms with Crippen molar-refractivity contribution in [3.05, 3.63) is 192 Å². The number of hydrogen-bond donors (Lipinski definition) is 0. The van der Waals surface area contributed by atoms with E-state index < -0.39 is 0 Å². The Morgan fingerprint density at radius 1 is 0.412 bits per heavy atom. The molecule has 0 aliphatic heterocycles. The van der Waals surface area contributed by atoms with Crippen molar-refractivity contribution in [2.45, 2.75) is 65.2 Å². The first kappa shape index (κ1) is 40.2. The van der Waals surface area contributed by atoms with Crippen LogP contribution in [-0.2, 0) is 25.7 Å². The van der Waals surface area contributed by atoms with Crippen LogP contribution in [0.25, 0.3) is 77.8 Å². The molecule has 5 aromatic heterocycles. The molecule has 0 spiro atoms. The average molecular weight is 885 g/mol. The van der Waals surface area contributed by atoms with Crippen LogP contribution in [0, 0.1) is 13.8 Å². The van der Waals surface area contributed by atoms with Gasteiger partial charge in [-0.15, -0.1) is 0 Å². The summed E-state index contributed by atoms with van der Waals surface area (Å²) >= 11 is 0. The molecule has 0 saturated carbocycles. The number of hydrogen-bond acceptors (Lipinski definition) is 6. The number of aryl methyl sites for hydroxylation is 4. The van der Waals surface area contributed by atoms with Gasteiger partial charge in [-0.25, -0.2) is 9.97 Å². The molecule has 0 N–H and O–H groups in total. The summed E-state index contributed by atoms with van der Waals surface area (Å²) in [4.78, 5) is 19.8. The zero-order chi connectivity index (χ0) is 45.3. The maximum absolute atomic E-state index is 6.94. The molecule has 0 bridgehead atoms. The lowest BCUT2D eigenvalue weighted by Gasteiger charge is -2.22. The lowest BCUT2D eigenvalue weighted by Crippen LogP contribution is -2.06. The quantitative estimate of drug-likeness (QED) is 0.151. The Morgan fingerprint density at radius 2 is 0.853 bits per heavy atom. The second-order valence-electron chi connectivity index (χ2n) is 18.6. The van der Waals surface area contributed by atoms with Crippen LogP contribution in [0.4, 0.5) is 0 Å². The van der Waals surface area contributed by atoms with E-state index >= 15 is 0 Å². The fraction of sp³-hybridized carbons (Fsp3) is 0.167. The highest BCUT2D eigenvalue weighted by atomic mass is 16.5. The summed E-state index contributed by atoms with van der Waals surface area (Å²) in [6, 6.07) is 47.2. The molecular weight excluding hydrogens is 837 g/mol. The van der Waals surface area contributed by atoms with E-state index in [4.69, 9.17) is 29.4 Å². The Morgan fingerprint density at radius 3 is 1.31 bits per heavy atom. The molecule has 2 aliphatic carbocycles. The summed E-state index contributed by atoms with van der Waals surface area (Å²) in [5.41, 5.74) is 15.5. The summed E-state index contributed by atoms with van der Waals surface area (Å²) in [6.07, 6.45) is 16.1. The highest BCUT2D eigenvalue weighted by molar-refractivity contribution is 6.10. The predicted octanol–water partition coefficient (Wildman–Crippen LogP) is 14.8. The van der Waals surface area contributed by atoms with E-state index in [1.807, 2.05) is 36.9 Å². The Bertz CT molecular complexity index is 3540. The summed E-state index contributed by atoms with van der Waals surface area (Å²) in [6.45, 7) is 4.21. The number of aromatic nitrogens is 6. The normalized spacial score (nSPS) is 13.6. The third kappa shape index (κ3) is 6.98. The Balaban J connectivity index is 0.840. The van der Waals surface area contributed by atoms with Crippen molar-refractivity contribution in [3.63, 3.8) is 0 Å². The number of fused-ring (bicyclic) bond motifs is 8. The summed E-state index contributed by atoms with van der Waals surface area (Å²) < 4.78 is 18.4. The summed E-state index contributed by atoms with van der Waals surface area (Å²) in [7, 11) is 0. The predicted molar refractivity (Wildman–Crippen MR) is 273 cm³/mol. The van der Waals surface area contributed by atoms with Crippen molar-refractivity contribution < 1.29 is 9.47 Å². The average Bonchev–Trinajstić information content (AvgIpc) is 3.88. The first-order valence-electron chi connectivity index (χ1n) is 23.9. The van der Waals surface area contributed by atoms with E-state index in [-0.39, 0.29) is 0 Å². The molecule has 0 saturated heterocycles. The van der Waals surface area contributed by atoms with Gasteiger partial charge in [0.1, 0.15) is 34.6 Å². The van der Waals surface area contributed by atoms with Gasteiger partial charge in [0.25, 0.3) is 0 Å². The topological polar surface area (TPSA) is 79.9 Å². The van der Waals surface area contributed by atoms with Crippen molar-refractivity contribution in [1.82, 2.24) is 29.1 Å². The molecule has 68 heavy (non-hydrogen) atoms. The van der Waals surface area contributed by atoms with Gasteiger partial charge in [0, 0.05) is 57.2 Å². The number of pyridine rings is 2. The third-order valence-electron chi connectivity index (χ3n) is 14.1. The monoisotopic (exact) mass is 884 g/mol. The third-order valence-corrected chi connectivity index (χ3v) is 14.1. The van der Waals surface area contributed by atoms with Crippen molar-refractivity contribution >= 4 is 43.6 Å². The van der Waals surface area contributed by atoms with E-state index in [1.54, 1.807) is 0 Å². The van der Waals surface area contributed by atoms with Gasteiger partial charge in [-0.3, -0.25) is 19.1 Å². The molecule has 0 unspecified atom stereocenters. The zero-order valence-corrected chi connectivity index (χ0v) is 38.2. The zero-order valence-electron chi connectivity index (χ0n) is 38.2.